The average Bonchev–Trinajstić information content (AvgIpc) is 3.02. The van der Waals surface area contributed by atoms with Crippen LogP contribution in [0.4, 0.5) is 5.82 Å². The van der Waals surface area contributed by atoms with Gasteiger partial charge in [-0.3, -0.25) is 14.5 Å². The van der Waals surface area contributed by atoms with Crippen LogP contribution < -0.4 is 5.32 Å². The molecule has 0 atom stereocenters. The van der Waals surface area contributed by atoms with Gasteiger partial charge in [0.05, 0.1) is 6.54 Å². The zero-order chi connectivity index (χ0) is 18.7. The van der Waals surface area contributed by atoms with Crippen molar-refractivity contribution in [1.29, 1.82) is 0 Å². The molecular formula is C19H24N4O3. The number of benzene rings is 1. The largest absolute Gasteiger partial charge is 0.360 e. The number of aryl methyl sites for hydroxylation is 2. The molecule has 1 aromatic heterocycles. The molecule has 0 spiro atoms. The fraction of sp³-hybridized carbons (Fsp3) is 0.421. The summed E-state index contributed by atoms with van der Waals surface area (Å²) >= 11 is 0. The maximum Gasteiger partial charge on any atom is 0.254 e. The first kappa shape index (κ1) is 18.1. The molecule has 2 amide bonds. The van der Waals surface area contributed by atoms with Crippen LogP contribution in [-0.4, -0.2) is 59.5 Å². The number of aromatic nitrogens is 1. The van der Waals surface area contributed by atoms with Gasteiger partial charge >= 0.3 is 0 Å². The molecule has 1 aliphatic rings. The van der Waals surface area contributed by atoms with E-state index in [1.165, 1.54) is 0 Å². The number of nitrogens with zero attached hydrogens (tertiary/aromatic N) is 3. The lowest BCUT2D eigenvalue weighted by Gasteiger charge is -2.34. The summed E-state index contributed by atoms with van der Waals surface area (Å²) in [6, 6.07) is 7.49. The van der Waals surface area contributed by atoms with E-state index in [-0.39, 0.29) is 18.4 Å². The van der Waals surface area contributed by atoms with Gasteiger partial charge in [-0.1, -0.05) is 17.3 Å². The molecule has 1 aromatic carbocycles. The lowest BCUT2D eigenvalue weighted by Crippen LogP contribution is -2.50. The van der Waals surface area contributed by atoms with Crippen molar-refractivity contribution in [2.75, 3.05) is 38.0 Å². The van der Waals surface area contributed by atoms with Crippen LogP contribution in [0, 0.1) is 20.8 Å². The monoisotopic (exact) mass is 356 g/mol. The van der Waals surface area contributed by atoms with Crippen molar-refractivity contribution >= 4 is 17.6 Å². The average molecular weight is 356 g/mol. The molecule has 138 valence electrons. The highest BCUT2D eigenvalue weighted by molar-refractivity contribution is 5.96. The Morgan fingerprint density at radius 1 is 1.15 bits per heavy atom. The first-order valence-electron chi connectivity index (χ1n) is 8.75. The molecule has 0 unspecified atom stereocenters. The second kappa shape index (κ2) is 7.70. The minimum atomic E-state index is -0.132. The summed E-state index contributed by atoms with van der Waals surface area (Å²) < 4.78 is 4.93. The van der Waals surface area contributed by atoms with Crippen molar-refractivity contribution < 1.29 is 14.1 Å². The molecule has 2 aromatic rings. The van der Waals surface area contributed by atoms with Gasteiger partial charge in [-0.25, -0.2) is 0 Å². The number of hydrogen-bond acceptors (Lipinski definition) is 5. The van der Waals surface area contributed by atoms with Crippen molar-refractivity contribution in [2.24, 2.45) is 0 Å². The SMILES string of the molecule is Cc1cc(NC(=O)CN2CCN(C(=O)c3cccc(C)c3C)CC2)no1. The number of carbonyl (C=O) groups is 2. The smallest absolute Gasteiger partial charge is 0.254 e. The molecule has 1 aliphatic heterocycles. The maximum absolute atomic E-state index is 12.8. The molecular weight excluding hydrogens is 332 g/mol. The lowest BCUT2D eigenvalue weighted by atomic mass is 10.0. The number of amides is 2. The normalized spacial score (nSPS) is 15.1. The minimum absolute atomic E-state index is 0.0633. The van der Waals surface area contributed by atoms with Gasteiger partial charge in [0.2, 0.25) is 5.91 Å². The van der Waals surface area contributed by atoms with Crippen molar-refractivity contribution in [3.63, 3.8) is 0 Å². The van der Waals surface area contributed by atoms with Gasteiger partial charge in [0.25, 0.3) is 5.91 Å². The molecule has 7 heteroatoms. The fourth-order valence-electron chi connectivity index (χ4n) is 3.07. The summed E-state index contributed by atoms with van der Waals surface area (Å²) in [6.45, 7) is 8.61. The van der Waals surface area contributed by atoms with Gasteiger partial charge < -0.3 is 14.7 Å². The van der Waals surface area contributed by atoms with Crippen molar-refractivity contribution in [2.45, 2.75) is 20.8 Å². The number of nitrogens with one attached hydrogen (secondary N) is 1. The third-order valence-corrected chi connectivity index (χ3v) is 4.76. The maximum atomic E-state index is 12.8. The molecule has 0 radical (unpaired) electrons. The first-order valence-corrected chi connectivity index (χ1v) is 8.75. The number of carbonyl (C=O) groups excluding carboxylic acids is 2. The van der Waals surface area contributed by atoms with E-state index in [1.54, 1.807) is 13.0 Å². The molecule has 0 bridgehead atoms. The van der Waals surface area contributed by atoms with Crippen molar-refractivity contribution in [3.8, 4) is 0 Å². The first-order chi connectivity index (χ1) is 12.4. The van der Waals surface area contributed by atoms with E-state index < -0.39 is 0 Å². The van der Waals surface area contributed by atoms with E-state index in [0.29, 0.717) is 37.8 Å². The fourth-order valence-corrected chi connectivity index (χ4v) is 3.07. The minimum Gasteiger partial charge on any atom is -0.360 e. The van der Waals surface area contributed by atoms with Crippen LogP contribution in [0.1, 0.15) is 27.2 Å². The van der Waals surface area contributed by atoms with E-state index in [4.69, 9.17) is 4.52 Å². The van der Waals surface area contributed by atoms with E-state index >= 15 is 0 Å². The summed E-state index contributed by atoms with van der Waals surface area (Å²) in [5.41, 5.74) is 2.91. The molecule has 1 saturated heterocycles. The second-order valence-electron chi connectivity index (χ2n) is 6.69. The molecule has 7 nitrogen and oxygen atoms in total. The Morgan fingerprint density at radius 2 is 1.88 bits per heavy atom. The van der Waals surface area contributed by atoms with Crippen molar-refractivity contribution in [1.82, 2.24) is 15.0 Å². The molecule has 2 heterocycles. The van der Waals surface area contributed by atoms with Crippen LogP contribution in [0.5, 0.6) is 0 Å². The summed E-state index contributed by atoms with van der Waals surface area (Å²) in [5.74, 6) is 1.01. The van der Waals surface area contributed by atoms with Crippen LogP contribution in [0.3, 0.4) is 0 Å². The summed E-state index contributed by atoms with van der Waals surface area (Å²) in [6.07, 6.45) is 0. The highest BCUT2D eigenvalue weighted by Crippen LogP contribution is 2.16. The topological polar surface area (TPSA) is 78.7 Å². The van der Waals surface area contributed by atoms with Crippen LogP contribution in [0.15, 0.2) is 28.8 Å². The molecule has 0 aliphatic carbocycles. The van der Waals surface area contributed by atoms with E-state index in [9.17, 15) is 9.59 Å². The predicted octanol–water partition coefficient (Wildman–Crippen LogP) is 2.00. The van der Waals surface area contributed by atoms with Gasteiger partial charge in [0.15, 0.2) is 5.82 Å². The number of hydrogen-bond donors (Lipinski definition) is 1. The standard InChI is InChI=1S/C19H24N4O3/c1-13-5-4-6-16(15(13)3)19(25)23-9-7-22(8-10-23)12-18(24)20-17-11-14(2)26-21-17/h4-6,11H,7-10,12H2,1-3H3,(H,20,21,24). The Morgan fingerprint density at radius 3 is 2.54 bits per heavy atom. The third kappa shape index (κ3) is 4.11. The molecule has 0 saturated carbocycles. The summed E-state index contributed by atoms with van der Waals surface area (Å²) in [5, 5.41) is 6.47. The van der Waals surface area contributed by atoms with Gasteiger partial charge in [-0.15, -0.1) is 0 Å². The van der Waals surface area contributed by atoms with Gasteiger partial charge in [-0.2, -0.15) is 0 Å². The second-order valence-corrected chi connectivity index (χ2v) is 6.69. The Bertz CT molecular complexity index is 807. The Balaban J connectivity index is 1.51. The molecule has 1 fully saturated rings. The predicted molar refractivity (Wildman–Crippen MR) is 98.1 cm³/mol. The van der Waals surface area contributed by atoms with Gasteiger partial charge in [0, 0.05) is 37.8 Å². The summed E-state index contributed by atoms with van der Waals surface area (Å²) in [4.78, 5) is 28.7. The molecule has 3 rings (SSSR count). The number of anilines is 1. The van der Waals surface area contributed by atoms with Crippen LogP contribution in [-0.2, 0) is 4.79 Å². The molecule has 26 heavy (non-hydrogen) atoms. The summed E-state index contributed by atoms with van der Waals surface area (Å²) in [7, 11) is 0. The Kier molecular flexibility index (Phi) is 5.37. The zero-order valence-corrected chi connectivity index (χ0v) is 15.4. The lowest BCUT2D eigenvalue weighted by molar-refractivity contribution is -0.117. The van der Waals surface area contributed by atoms with Crippen LogP contribution in [0.2, 0.25) is 0 Å². The van der Waals surface area contributed by atoms with Crippen LogP contribution in [0.25, 0.3) is 0 Å². The zero-order valence-electron chi connectivity index (χ0n) is 15.4. The Labute approximate surface area is 152 Å². The van der Waals surface area contributed by atoms with E-state index in [1.807, 2.05) is 41.8 Å². The molecule has 1 N–H and O–H groups in total. The number of rotatable bonds is 4. The van der Waals surface area contributed by atoms with Crippen molar-refractivity contribution in [3.05, 3.63) is 46.7 Å². The van der Waals surface area contributed by atoms with E-state index in [0.717, 1.165) is 16.7 Å². The third-order valence-electron chi connectivity index (χ3n) is 4.76. The van der Waals surface area contributed by atoms with Gasteiger partial charge in [0.1, 0.15) is 5.76 Å². The Hall–Kier alpha value is -2.67. The van der Waals surface area contributed by atoms with Crippen LogP contribution >= 0.6 is 0 Å². The number of piperazine rings is 1. The highest BCUT2D eigenvalue weighted by Gasteiger charge is 2.24. The highest BCUT2D eigenvalue weighted by atomic mass is 16.5. The van der Waals surface area contributed by atoms with E-state index in [2.05, 4.69) is 10.5 Å². The van der Waals surface area contributed by atoms with Gasteiger partial charge in [-0.05, 0) is 38.0 Å². The quantitative estimate of drug-likeness (QED) is 0.906.